The van der Waals surface area contributed by atoms with Crippen LogP contribution >= 0.6 is 0 Å². The zero-order chi connectivity index (χ0) is 22.6. The Hall–Kier alpha value is -3.16. The molecule has 1 amide bonds. The predicted molar refractivity (Wildman–Crippen MR) is 122 cm³/mol. The summed E-state index contributed by atoms with van der Waals surface area (Å²) >= 11 is 0. The van der Waals surface area contributed by atoms with E-state index in [1.165, 1.54) is 26.2 Å². The molecule has 0 atom stereocenters. The van der Waals surface area contributed by atoms with E-state index in [1.807, 2.05) is 42.5 Å². The van der Waals surface area contributed by atoms with Crippen molar-refractivity contribution in [3.63, 3.8) is 0 Å². The summed E-state index contributed by atoms with van der Waals surface area (Å²) in [5, 5.41) is 2.88. The van der Waals surface area contributed by atoms with Gasteiger partial charge in [-0.05, 0) is 48.4 Å². The van der Waals surface area contributed by atoms with Crippen LogP contribution in [0.4, 0.5) is 5.69 Å². The first-order chi connectivity index (χ1) is 14.7. The fourth-order valence-corrected chi connectivity index (χ4v) is 4.15. The van der Waals surface area contributed by atoms with Gasteiger partial charge in [-0.15, -0.1) is 0 Å². The minimum absolute atomic E-state index is 0.0766. The molecule has 7 heteroatoms. The van der Waals surface area contributed by atoms with Crippen LogP contribution in [0.5, 0.6) is 5.75 Å². The number of aryl methyl sites for hydroxylation is 1. The third-order valence-electron chi connectivity index (χ3n) is 5.01. The Morgan fingerprint density at radius 3 is 2.35 bits per heavy atom. The Balaban J connectivity index is 1.89. The van der Waals surface area contributed by atoms with Crippen LogP contribution in [0, 0.1) is 6.92 Å². The second kappa shape index (κ2) is 9.32. The fourth-order valence-electron chi connectivity index (χ4n) is 3.23. The molecule has 0 spiro atoms. The number of sulfonamides is 1. The number of ether oxygens (including phenoxy) is 1. The van der Waals surface area contributed by atoms with Crippen LogP contribution in [-0.4, -0.2) is 39.8 Å². The summed E-state index contributed by atoms with van der Waals surface area (Å²) < 4.78 is 31.5. The molecule has 0 aliphatic heterocycles. The first-order valence-corrected chi connectivity index (χ1v) is 11.2. The summed E-state index contributed by atoms with van der Waals surface area (Å²) in [6.07, 6.45) is 0.656. The second-order valence-corrected chi connectivity index (χ2v) is 9.56. The molecule has 0 fully saturated rings. The molecular formula is C24H26N2O4S. The monoisotopic (exact) mass is 438 g/mol. The van der Waals surface area contributed by atoms with E-state index in [9.17, 15) is 13.2 Å². The molecule has 0 bridgehead atoms. The number of nitrogens with one attached hydrogen (secondary N) is 1. The maximum Gasteiger partial charge on any atom is 0.255 e. The minimum atomic E-state index is -3.64. The van der Waals surface area contributed by atoms with Crippen molar-refractivity contribution >= 4 is 21.6 Å². The van der Waals surface area contributed by atoms with Crippen LogP contribution in [0.3, 0.4) is 0 Å². The molecule has 0 aliphatic carbocycles. The van der Waals surface area contributed by atoms with E-state index in [0.29, 0.717) is 23.2 Å². The summed E-state index contributed by atoms with van der Waals surface area (Å²) in [5.41, 5.74) is 3.67. The highest BCUT2D eigenvalue weighted by molar-refractivity contribution is 7.89. The van der Waals surface area contributed by atoms with Crippen LogP contribution < -0.4 is 10.1 Å². The standard InChI is InChI=1S/C24H26N2O4S/c1-17-10-12-21(31(28,29)26(2)3)16-22(17)24(27)25-20-11-13-23(30-4)19(15-20)14-18-8-6-5-7-9-18/h5-13,15-16H,14H2,1-4H3,(H,25,27). The molecular weight excluding hydrogens is 412 g/mol. The summed E-state index contributed by atoms with van der Waals surface area (Å²) in [5.74, 6) is 0.362. The largest absolute Gasteiger partial charge is 0.496 e. The van der Waals surface area contributed by atoms with Gasteiger partial charge in [-0.1, -0.05) is 36.4 Å². The van der Waals surface area contributed by atoms with Gasteiger partial charge in [0.05, 0.1) is 12.0 Å². The normalized spacial score (nSPS) is 11.4. The smallest absolute Gasteiger partial charge is 0.255 e. The van der Waals surface area contributed by atoms with Gasteiger partial charge in [0, 0.05) is 37.3 Å². The van der Waals surface area contributed by atoms with Gasteiger partial charge in [-0.3, -0.25) is 4.79 Å². The molecule has 162 valence electrons. The predicted octanol–water partition coefficient (Wildman–Crippen LogP) is 4.10. The molecule has 0 aliphatic rings. The molecule has 31 heavy (non-hydrogen) atoms. The van der Waals surface area contributed by atoms with Gasteiger partial charge in [-0.25, -0.2) is 12.7 Å². The lowest BCUT2D eigenvalue weighted by Crippen LogP contribution is -2.23. The lowest BCUT2D eigenvalue weighted by Gasteiger charge is -2.15. The zero-order valence-electron chi connectivity index (χ0n) is 18.0. The van der Waals surface area contributed by atoms with Crippen molar-refractivity contribution in [1.82, 2.24) is 4.31 Å². The first-order valence-electron chi connectivity index (χ1n) is 9.77. The van der Waals surface area contributed by atoms with E-state index in [0.717, 1.165) is 21.2 Å². The molecule has 3 aromatic carbocycles. The van der Waals surface area contributed by atoms with Gasteiger partial charge >= 0.3 is 0 Å². The summed E-state index contributed by atoms with van der Waals surface area (Å²) in [7, 11) is 0.895. The number of anilines is 1. The third-order valence-corrected chi connectivity index (χ3v) is 6.82. The lowest BCUT2D eigenvalue weighted by atomic mass is 10.0. The fraction of sp³-hybridized carbons (Fsp3) is 0.208. The van der Waals surface area contributed by atoms with E-state index < -0.39 is 10.0 Å². The van der Waals surface area contributed by atoms with Gasteiger partial charge in [0.25, 0.3) is 5.91 Å². The molecule has 0 unspecified atom stereocenters. The Morgan fingerprint density at radius 2 is 1.71 bits per heavy atom. The topological polar surface area (TPSA) is 75.7 Å². The quantitative estimate of drug-likeness (QED) is 0.603. The highest BCUT2D eigenvalue weighted by Gasteiger charge is 2.20. The Morgan fingerprint density at radius 1 is 1.00 bits per heavy atom. The van der Waals surface area contributed by atoms with E-state index in [4.69, 9.17) is 4.74 Å². The van der Waals surface area contributed by atoms with Crippen molar-refractivity contribution < 1.29 is 17.9 Å². The molecule has 3 rings (SSSR count). The molecule has 0 heterocycles. The van der Waals surface area contributed by atoms with Crippen LogP contribution in [0.15, 0.2) is 71.6 Å². The van der Waals surface area contributed by atoms with Gasteiger partial charge in [-0.2, -0.15) is 0 Å². The number of carbonyl (C=O) groups excluding carboxylic acids is 1. The highest BCUT2D eigenvalue weighted by Crippen LogP contribution is 2.26. The number of benzene rings is 3. The van der Waals surface area contributed by atoms with Gasteiger partial charge in [0.1, 0.15) is 5.75 Å². The van der Waals surface area contributed by atoms with Crippen molar-refractivity contribution in [3.8, 4) is 5.75 Å². The van der Waals surface area contributed by atoms with E-state index in [2.05, 4.69) is 5.32 Å². The SMILES string of the molecule is COc1ccc(NC(=O)c2cc(S(=O)(=O)N(C)C)ccc2C)cc1Cc1ccccc1. The summed E-state index contributed by atoms with van der Waals surface area (Å²) in [6, 6.07) is 20.0. The number of carbonyl (C=O) groups is 1. The average molecular weight is 439 g/mol. The number of methoxy groups -OCH3 is 1. The van der Waals surface area contributed by atoms with E-state index in [1.54, 1.807) is 26.2 Å². The molecule has 0 aromatic heterocycles. The molecule has 0 radical (unpaired) electrons. The van der Waals surface area contributed by atoms with Crippen LogP contribution in [-0.2, 0) is 16.4 Å². The highest BCUT2D eigenvalue weighted by atomic mass is 32.2. The zero-order valence-corrected chi connectivity index (χ0v) is 18.9. The molecule has 1 N–H and O–H groups in total. The van der Waals surface area contributed by atoms with Gasteiger partial charge < -0.3 is 10.1 Å². The average Bonchev–Trinajstić information content (AvgIpc) is 2.74. The Labute approximate surface area is 183 Å². The lowest BCUT2D eigenvalue weighted by molar-refractivity contribution is 0.102. The van der Waals surface area contributed by atoms with Crippen molar-refractivity contribution in [2.75, 3.05) is 26.5 Å². The Bertz CT molecular complexity index is 1190. The van der Waals surface area contributed by atoms with Crippen LogP contribution in [0.1, 0.15) is 27.0 Å². The van der Waals surface area contributed by atoms with E-state index >= 15 is 0 Å². The van der Waals surface area contributed by atoms with Crippen molar-refractivity contribution in [1.29, 1.82) is 0 Å². The molecule has 0 saturated carbocycles. The molecule has 0 saturated heterocycles. The third kappa shape index (κ3) is 5.13. The maximum absolute atomic E-state index is 13.0. The number of hydrogen-bond donors (Lipinski definition) is 1. The number of amides is 1. The second-order valence-electron chi connectivity index (χ2n) is 7.41. The Kier molecular flexibility index (Phi) is 6.77. The summed E-state index contributed by atoms with van der Waals surface area (Å²) in [4.78, 5) is 13.0. The number of rotatable bonds is 7. The van der Waals surface area contributed by atoms with Crippen LogP contribution in [0.25, 0.3) is 0 Å². The first kappa shape index (κ1) is 22.5. The van der Waals surface area contributed by atoms with Crippen LogP contribution in [0.2, 0.25) is 0 Å². The van der Waals surface area contributed by atoms with Crippen molar-refractivity contribution in [2.45, 2.75) is 18.2 Å². The molecule has 6 nitrogen and oxygen atoms in total. The molecule has 3 aromatic rings. The van der Waals surface area contributed by atoms with Gasteiger partial charge in [0.2, 0.25) is 10.0 Å². The minimum Gasteiger partial charge on any atom is -0.496 e. The van der Waals surface area contributed by atoms with Gasteiger partial charge in [0.15, 0.2) is 0 Å². The number of hydrogen-bond acceptors (Lipinski definition) is 4. The van der Waals surface area contributed by atoms with E-state index in [-0.39, 0.29) is 10.8 Å². The number of nitrogens with zero attached hydrogens (tertiary/aromatic N) is 1. The van der Waals surface area contributed by atoms with Crippen molar-refractivity contribution in [3.05, 3.63) is 89.0 Å². The van der Waals surface area contributed by atoms with Crippen molar-refractivity contribution in [2.24, 2.45) is 0 Å². The summed E-state index contributed by atoms with van der Waals surface area (Å²) in [6.45, 7) is 1.77. The maximum atomic E-state index is 13.0.